The Kier molecular flexibility index (Phi) is 9.99. The van der Waals surface area contributed by atoms with Crippen LogP contribution in [-0.2, 0) is 28.8 Å². The summed E-state index contributed by atoms with van der Waals surface area (Å²) in [7, 11) is 0. The van der Waals surface area contributed by atoms with Gasteiger partial charge in [0.2, 0.25) is 29.5 Å². The zero-order valence-corrected chi connectivity index (χ0v) is 20.2. The molecule has 0 bridgehead atoms. The molecule has 0 aromatic rings. The summed E-state index contributed by atoms with van der Waals surface area (Å²) in [5.41, 5.74) is 10.5. The molecule has 0 aliphatic carbocycles. The Bertz CT molecular complexity index is 850. The van der Waals surface area contributed by atoms with E-state index in [-0.39, 0.29) is 24.9 Å². The highest BCUT2D eigenvalue weighted by atomic mass is 16.4. The Morgan fingerprint density at radius 2 is 1.51 bits per heavy atom. The van der Waals surface area contributed by atoms with E-state index in [2.05, 4.69) is 10.6 Å². The normalized spacial score (nSPS) is 22.3. The van der Waals surface area contributed by atoms with Crippen molar-refractivity contribution in [1.82, 2.24) is 20.4 Å². The maximum Gasteiger partial charge on any atom is 0.326 e. The van der Waals surface area contributed by atoms with Crippen LogP contribution in [0.3, 0.4) is 0 Å². The van der Waals surface area contributed by atoms with Gasteiger partial charge in [0, 0.05) is 13.1 Å². The first kappa shape index (κ1) is 28.0. The standard InChI is InChI=1S/C22H36N6O7/c1-3-12(2)18(26-20(32)14-6-4-8-27(14)17(30)11-23)21(33)28-9-5-7-15(28)19(31)25-13(22(34)35)10-16(24)29/h12-15,18H,3-11,23H2,1-2H3,(H2,24,29)(H,25,31)(H,26,32)(H,34,35)/t12-,13-,14-,15-,18-/m0/s1. The third kappa shape index (κ3) is 6.90. The van der Waals surface area contributed by atoms with E-state index in [4.69, 9.17) is 11.5 Å². The first-order valence-electron chi connectivity index (χ1n) is 11.9. The van der Waals surface area contributed by atoms with Gasteiger partial charge in [-0.25, -0.2) is 4.79 Å². The lowest BCUT2D eigenvalue weighted by molar-refractivity contribution is -0.146. The number of nitrogens with two attached hydrogens (primary N) is 2. The highest BCUT2D eigenvalue weighted by molar-refractivity contribution is 5.96. The van der Waals surface area contributed by atoms with E-state index in [0.29, 0.717) is 38.6 Å². The Labute approximate surface area is 203 Å². The number of hydrogen-bond donors (Lipinski definition) is 5. The minimum Gasteiger partial charge on any atom is -0.480 e. The van der Waals surface area contributed by atoms with Gasteiger partial charge in [0.1, 0.15) is 24.2 Å². The molecule has 0 aromatic carbocycles. The van der Waals surface area contributed by atoms with Crippen LogP contribution in [0.4, 0.5) is 0 Å². The van der Waals surface area contributed by atoms with E-state index in [9.17, 15) is 33.9 Å². The molecule has 2 heterocycles. The van der Waals surface area contributed by atoms with Crippen molar-refractivity contribution in [3.8, 4) is 0 Å². The average Bonchev–Trinajstić information content (AvgIpc) is 3.50. The number of hydrogen-bond acceptors (Lipinski definition) is 7. The van der Waals surface area contributed by atoms with Crippen molar-refractivity contribution in [2.45, 2.75) is 76.5 Å². The van der Waals surface area contributed by atoms with Gasteiger partial charge in [-0.1, -0.05) is 20.3 Å². The molecule has 0 radical (unpaired) electrons. The van der Waals surface area contributed by atoms with Crippen molar-refractivity contribution in [1.29, 1.82) is 0 Å². The van der Waals surface area contributed by atoms with E-state index in [1.54, 1.807) is 6.92 Å². The van der Waals surface area contributed by atoms with Gasteiger partial charge in [-0.2, -0.15) is 0 Å². The monoisotopic (exact) mass is 496 g/mol. The predicted octanol–water partition coefficient (Wildman–Crippen LogP) is -2.10. The molecule has 0 spiro atoms. The highest BCUT2D eigenvalue weighted by Gasteiger charge is 2.42. The summed E-state index contributed by atoms with van der Waals surface area (Å²) in [5, 5.41) is 14.4. The van der Waals surface area contributed by atoms with Gasteiger partial charge >= 0.3 is 5.97 Å². The Morgan fingerprint density at radius 1 is 0.971 bits per heavy atom. The van der Waals surface area contributed by atoms with Gasteiger partial charge in [-0.3, -0.25) is 24.0 Å². The van der Waals surface area contributed by atoms with Crippen LogP contribution in [0, 0.1) is 5.92 Å². The van der Waals surface area contributed by atoms with E-state index in [1.807, 2.05) is 6.92 Å². The number of likely N-dealkylation sites (tertiary alicyclic amines) is 2. The fourth-order valence-electron chi connectivity index (χ4n) is 4.54. The summed E-state index contributed by atoms with van der Waals surface area (Å²) in [6, 6.07) is -4.09. The first-order chi connectivity index (χ1) is 16.5. The SMILES string of the molecule is CC[C@H](C)[C@H](NC(=O)[C@@H]1CCCN1C(=O)CN)C(=O)N1CCC[C@H]1C(=O)N[C@@H](CC(N)=O)C(=O)O. The van der Waals surface area contributed by atoms with Crippen LogP contribution in [0.5, 0.6) is 0 Å². The lowest BCUT2D eigenvalue weighted by Crippen LogP contribution is -2.59. The van der Waals surface area contributed by atoms with Gasteiger partial charge in [-0.15, -0.1) is 0 Å². The topological polar surface area (TPSA) is 205 Å². The van der Waals surface area contributed by atoms with Crippen LogP contribution in [0.25, 0.3) is 0 Å². The molecule has 2 fully saturated rings. The minimum absolute atomic E-state index is 0.213. The molecule has 7 N–H and O–H groups in total. The fourth-order valence-corrected chi connectivity index (χ4v) is 4.54. The predicted molar refractivity (Wildman–Crippen MR) is 123 cm³/mol. The zero-order valence-electron chi connectivity index (χ0n) is 20.2. The van der Waals surface area contributed by atoms with Crippen molar-refractivity contribution in [2.24, 2.45) is 17.4 Å². The molecule has 2 saturated heterocycles. The molecule has 2 rings (SSSR count). The molecule has 196 valence electrons. The smallest absolute Gasteiger partial charge is 0.326 e. The van der Waals surface area contributed by atoms with Gasteiger partial charge in [0.05, 0.1) is 13.0 Å². The van der Waals surface area contributed by atoms with E-state index < -0.39 is 60.2 Å². The van der Waals surface area contributed by atoms with Gasteiger partial charge < -0.3 is 37.0 Å². The van der Waals surface area contributed by atoms with Crippen LogP contribution in [0.15, 0.2) is 0 Å². The number of amides is 5. The third-order valence-electron chi connectivity index (χ3n) is 6.69. The third-order valence-corrected chi connectivity index (χ3v) is 6.69. The molecular weight excluding hydrogens is 460 g/mol. The van der Waals surface area contributed by atoms with Crippen molar-refractivity contribution in [3.05, 3.63) is 0 Å². The second-order valence-corrected chi connectivity index (χ2v) is 9.08. The largest absolute Gasteiger partial charge is 0.480 e. The van der Waals surface area contributed by atoms with Crippen LogP contribution in [0.1, 0.15) is 52.4 Å². The molecule has 2 aliphatic rings. The molecule has 5 atom stereocenters. The maximum absolute atomic E-state index is 13.5. The number of nitrogens with zero attached hydrogens (tertiary/aromatic N) is 2. The fraction of sp³-hybridized carbons (Fsp3) is 0.727. The van der Waals surface area contributed by atoms with Crippen LogP contribution in [-0.4, -0.2) is 94.2 Å². The maximum atomic E-state index is 13.5. The van der Waals surface area contributed by atoms with Gasteiger partial charge in [0.25, 0.3) is 0 Å². The molecule has 13 nitrogen and oxygen atoms in total. The second-order valence-electron chi connectivity index (χ2n) is 9.08. The number of aliphatic carboxylic acids is 1. The number of carbonyl (C=O) groups is 6. The Morgan fingerprint density at radius 3 is 2.03 bits per heavy atom. The lowest BCUT2D eigenvalue weighted by Gasteiger charge is -2.33. The Hall–Kier alpha value is -3.22. The lowest BCUT2D eigenvalue weighted by atomic mass is 9.96. The van der Waals surface area contributed by atoms with Gasteiger partial charge in [0.15, 0.2) is 0 Å². The van der Waals surface area contributed by atoms with E-state index >= 15 is 0 Å². The first-order valence-corrected chi connectivity index (χ1v) is 11.9. The van der Waals surface area contributed by atoms with Crippen molar-refractivity contribution < 1.29 is 33.9 Å². The van der Waals surface area contributed by atoms with Crippen LogP contribution in [0.2, 0.25) is 0 Å². The molecule has 13 heteroatoms. The summed E-state index contributed by atoms with van der Waals surface area (Å²) in [6.45, 7) is 4.13. The molecular formula is C22H36N6O7. The second kappa shape index (κ2) is 12.5. The molecule has 35 heavy (non-hydrogen) atoms. The summed E-state index contributed by atoms with van der Waals surface area (Å²) < 4.78 is 0. The van der Waals surface area contributed by atoms with E-state index in [0.717, 1.165) is 0 Å². The van der Waals surface area contributed by atoms with Crippen molar-refractivity contribution in [2.75, 3.05) is 19.6 Å². The van der Waals surface area contributed by atoms with E-state index in [1.165, 1.54) is 9.80 Å². The summed E-state index contributed by atoms with van der Waals surface area (Å²) in [5.74, 6) is -4.50. The number of carbonyl (C=O) groups excluding carboxylic acids is 5. The molecule has 5 amide bonds. The van der Waals surface area contributed by atoms with Crippen molar-refractivity contribution >= 4 is 35.5 Å². The summed E-state index contributed by atoms with van der Waals surface area (Å²) in [4.78, 5) is 76.8. The molecule has 2 aliphatic heterocycles. The zero-order chi connectivity index (χ0) is 26.3. The number of carboxylic acid groups (broad SMARTS) is 1. The van der Waals surface area contributed by atoms with Crippen LogP contribution >= 0.6 is 0 Å². The quantitative estimate of drug-likeness (QED) is 0.214. The van der Waals surface area contributed by atoms with Crippen molar-refractivity contribution in [3.63, 3.8) is 0 Å². The molecule has 0 saturated carbocycles. The van der Waals surface area contributed by atoms with Crippen LogP contribution < -0.4 is 22.1 Å². The minimum atomic E-state index is -1.50. The van der Waals surface area contributed by atoms with Gasteiger partial charge in [-0.05, 0) is 31.6 Å². The summed E-state index contributed by atoms with van der Waals surface area (Å²) in [6.07, 6.45) is 1.92. The number of carboxylic acids is 1. The number of primary amides is 1. The summed E-state index contributed by atoms with van der Waals surface area (Å²) >= 11 is 0. The molecule has 0 aromatic heterocycles. The number of rotatable bonds is 11. The number of nitrogens with one attached hydrogen (secondary N) is 2. The highest BCUT2D eigenvalue weighted by Crippen LogP contribution is 2.23. The molecule has 0 unspecified atom stereocenters. The average molecular weight is 497 g/mol. The Balaban J connectivity index is 2.16.